The average molecular weight is 272 g/mol. The van der Waals surface area contributed by atoms with Gasteiger partial charge in [0.15, 0.2) is 0 Å². The summed E-state index contributed by atoms with van der Waals surface area (Å²) in [5.41, 5.74) is 0. The first-order valence-corrected chi connectivity index (χ1v) is 5.70. The van der Waals surface area contributed by atoms with E-state index >= 15 is 0 Å². The van der Waals surface area contributed by atoms with Crippen molar-refractivity contribution in [3.05, 3.63) is 0 Å². The second-order valence-electron chi connectivity index (χ2n) is 2.55. The molecule has 1 saturated heterocycles. The minimum Gasteiger partial charge on any atom is -0.377 e. The maximum atomic E-state index is 5.50. The Morgan fingerprint density at radius 1 is 1.60 bits per heavy atom. The van der Waals surface area contributed by atoms with E-state index in [1.807, 2.05) is 0 Å². The number of hydrogen-bond donors (Lipinski definition) is 0. The van der Waals surface area contributed by atoms with Crippen molar-refractivity contribution in [3.63, 3.8) is 0 Å². The van der Waals surface area contributed by atoms with Crippen molar-refractivity contribution in [1.82, 2.24) is 0 Å². The van der Waals surface area contributed by atoms with Crippen LogP contribution in [0.3, 0.4) is 0 Å². The van der Waals surface area contributed by atoms with Gasteiger partial charge in [-0.15, -0.1) is 0 Å². The van der Waals surface area contributed by atoms with Crippen LogP contribution >= 0.6 is 31.9 Å². The molecule has 0 aromatic carbocycles. The van der Waals surface area contributed by atoms with Gasteiger partial charge >= 0.3 is 0 Å². The predicted molar refractivity (Wildman–Crippen MR) is 50.1 cm³/mol. The van der Waals surface area contributed by atoms with Gasteiger partial charge in [0.2, 0.25) is 0 Å². The van der Waals surface area contributed by atoms with E-state index in [-0.39, 0.29) is 0 Å². The molecule has 0 aliphatic carbocycles. The van der Waals surface area contributed by atoms with Gasteiger partial charge < -0.3 is 4.74 Å². The fraction of sp³-hybridized carbons (Fsp3) is 1.00. The van der Waals surface area contributed by atoms with Crippen molar-refractivity contribution in [2.45, 2.75) is 30.2 Å². The van der Waals surface area contributed by atoms with Crippen LogP contribution in [-0.4, -0.2) is 22.9 Å². The maximum Gasteiger partial charge on any atom is 0.0701 e. The lowest BCUT2D eigenvalue weighted by atomic mass is 10.1. The summed E-state index contributed by atoms with van der Waals surface area (Å²) in [6.07, 6.45) is 4.08. The first kappa shape index (κ1) is 9.01. The molecule has 1 fully saturated rings. The average Bonchev–Trinajstić information content (AvgIpc) is 2.38. The lowest BCUT2D eigenvalue weighted by molar-refractivity contribution is 0.110. The van der Waals surface area contributed by atoms with E-state index in [1.165, 1.54) is 12.8 Å². The molecule has 0 radical (unpaired) electrons. The summed E-state index contributed by atoms with van der Waals surface area (Å²) in [6, 6.07) is 0. The lowest BCUT2D eigenvalue weighted by Crippen LogP contribution is -2.19. The van der Waals surface area contributed by atoms with Gasteiger partial charge in [-0.05, 0) is 19.3 Å². The first-order valence-electron chi connectivity index (χ1n) is 3.66. The molecule has 3 heteroatoms. The Labute approximate surface area is 78.8 Å². The van der Waals surface area contributed by atoms with Crippen LogP contribution in [0.1, 0.15) is 19.3 Å². The van der Waals surface area contributed by atoms with Crippen molar-refractivity contribution >= 4 is 31.9 Å². The van der Waals surface area contributed by atoms with E-state index < -0.39 is 0 Å². The van der Waals surface area contributed by atoms with Gasteiger partial charge in [-0.25, -0.2) is 0 Å². The van der Waals surface area contributed by atoms with Crippen molar-refractivity contribution in [1.29, 1.82) is 0 Å². The highest BCUT2D eigenvalue weighted by Crippen LogP contribution is 2.23. The number of alkyl halides is 2. The minimum atomic E-state index is 0.470. The first-order chi connectivity index (χ1) is 4.84. The van der Waals surface area contributed by atoms with Crippen molar-refractivity contribution in [3.8, 4) is 0 Å². The molecular weight excluding hydrogens is 260 g/mol. The molecule has 2 atom stereocenters. The molecule has 0 bridgehead atoms. The molecule has 1 aliphatic rings. The van der Waals surface area contributed by atoms with Crippen LogP contribution < -0.4 is 0 Å². The Kier molecular flexibility index (Phi) is 4.26. The quantitative estimate of drug-likeness (QED) is 0.718. The molecular formula is C7H12Br2O. The van der Waals surface area contributed by atoms with Crippen molar-refractivity contribution in [2.24, 2.45) is 0 Å². The summed E-state index contributed by atoms with van der Waals surface area (Å²) in [5, 5.41) is 1.06. The molecule has 1 aliphatic heterocycles. The third-order valence-corrected chi connectivity index (χ3v) is 3.26. The van der Waals surface area contributed by atoms with Crippen LogP contribution in [-0.2, 0) is 4.74 Å². The van der Waals surface area contributed by atoms with Gasteiger partial charge in [-0.2, -0.15) is 0 Å². The topological polar surface area (TPSA) is 9.23 Å². The monoisotopic (exact) mass is 270 g/mol. The van der Waals surface area contributed by atoms with Gasteiger partial charge in [0.25, 0.3) is 0 Å². The molecule has 1 heterocycles. The van der Waals surface area contributed by atoms with Crippen LogP contribution in [0.4, 0.5) is 0 Å². The smallest absolute Gasteiger partial charge is 0.0701 e. The zero-order valence-electron chi connectivity index (χ0n) is 5.85. The van der Waals surface area contributed by atoms with E-state index in [0.717, 1.165) is 18.4 Å². The third kappa shape index (κ3) is 2.51. The van der Waals surface area contributed by atoms with Crippen LogP contribution in [0.15, 0.2) is 0 Å². The fourth-order valence-electron chi connectivity index (χ4n) is 1.18. The summed E-state index contributed by atoms with van der Waals surface area (Å²) in [4.78, 5) is 0.550. The van der Waals surface area contributed by atoms with Crippen molar-refractivity contribution < 1.29 is 4.74 Å². The molecule has 0 amide bonds. The molecule has 0 spiro atoms. The van der Waals surface area contributed by atoms with E-state index in [9.17, 15) is 0 Å². The maximum absolute atomic E-state index is 5.50. The van der Waals surface area contributed by atoms with Gasteiger partial charge in [-0.3, -0.25) is 0 Å². The Balaban J connectivity index is 2.18. The zero-order chi connectivity index (χ0) is 7.40. The second kappa shape index (κ2) is 4.73. The number of hydrogen-bond acceptors (Lipinski definition) is 1. The summed E-state index contributed by atoms with van der Waals surface area (Å²) >= 11 is 7.02. The van der Waals surface area contributed by atoms with Crippen LogP contribution in [0, 0.1) is 0 Å². The van der Waals surface area contributed by atoms with E-state index in [1.54, 1.807) is 0 Å². The molecule has 1 nitrogen and oxygen atoms in total. The summed E-state index contributed by atoms with van der Waals surface area (Å²) in [5.74, 6) is 0. The Morgan fingerprint density at radius 2 is 2.40 bits per heavy atom. The third-order valence-electron chi connectivity index (χ3n) is 1.75. The fourth-order valence-corrected chi connectivity index (χ4v) is 2.93. The summed E-state index contributed by atoms with van der Waals surface area (Å²) < 4.78 is 5.50. The Bertz CT molecular complexity index is 91.6. The van der Waals surface area contributed by atoms with Crippen LogP contribution in [0.5, 0.6) is 0 Å². The van der Waals surface area contributed by atoms with Gasteiger partial charge in [0.05, 0.1) is 6.10 Å². The lowest BCUT2D eigenvalue weighted by Gasteiger charge is -2.14. The largest absolute Gasteiger partial charge is 0.377 e. The molecule has 0 unspecified atom stereocenters. The van der Waals surface area contributed by atoms with Crippen LogP contribution in [0.2, 0.25) is 0 Å². The Hall–Kier alpha value is 0.920. The van der Waals surface area contributed by atoms with Crippen LogP contribution in [0.25, 0.3) is 0 Å². The molecule has 10 heavy (non-hydrogen) atoms. The number of halogens is 2. The van der Waals surface area contributed by atoms with Crippen molar-refractivity contribution in [2.75, 3.05) is 11.9 Å². The van der Waals surface area contributed by atoms with E-state index in [2.05, 4.69) is 31.9 Å². The van der Waals surface area contributed by atoms with Gasteiger partial charge in [0, 0.05) is 16.8 Å². The molecule has 0 aromatic heterocycles. The molecule has 60 valence electrons. The van der Waals surface area contributed by atoms with Gasteiger partial charge in [0.1, 0.15) is 0 Å². The van der Waals surface area contributed by atoms with E-state index in [4.69, 9.17) is 4.74 Å². The minimum absolute atomic E-state index is 0.470. The van der Waals surface area contributed by atoms with Gasteiger partial charge in [-0.1, -0.05) is 31.9 Å². The summed E-state index contributed by atoms with van der Waals surface area (Å²) in [6.45, 7) is 0.953. The highest BCUT2D eigenvalue weighted by atomic mass is 79.9. The number of rotatable bonds is 3. The highest BCUT2D eigenvalue weighted by molar-refractivity contribution is 9.10. The normalized spacial score (nSPS) is 28.8. The van der Waals surface area contributed by atoms with E-state index in [0.29, 0.717) is 10.9 Å². The highest BCUT2D eigenvalue weighted by Gasteiger charge is 2.22. The Morgan fingerprint density at radius 3 is 2.90 bits per heavy atom. The summed E-state index contributed by atoms with van der Waals surface area (Å²) in [7, 11) is 0. The molecule has 1 rings (SSSR count). The molecule has 0 N–H and O–H groups in total. The predicted octanol–water partition coefficient (Wildman–Crippen LogP) is 2.71. The standard InChI is InChI=1S/C7H12Br2O/c8-4-3-6(9)7-2-1-5-10-7/h6-7H,1-5H2/t6-,7-/m0/s1. The molecule has 0 saturated carbocycles. The zero-order valence-corrected chi connectivity index (χ0v) is 9.03. The number of ether oxygens (including phenoxy) is 1. The SMILES string of the molecule is BrCC[C@H](Br)[C@@H]1CCCO1. The molecule has 0 aromatic rings. The second-order valence-corrected chi connectivity index (χ2v) is 4.51.